The zero-order valence-corrected chi connectivity index (χ0v) is 19.8. The lowest BCUT2D eigenvalue weighted by Gasteiger charge is -2.32. The van der Waals surface area contributed by atoms with E-state index in [9.17, 15) is 0 Å². The molecule has 0 aromatic heterocycles. The summed E-state index contributed by atoms with van der Waals surface area (Å²) < 4.78 is 1.08. The van der Waals surface area contributed by atoms with Crippen molar-refractivity contribution in [2.75, 3.05) is 11.4 Å². The fourth-order valence-electron chi connectivity index (χ4n) is 5.33. The van der Waals surface area contributed by atoms with E-state index in [1.54, 1.807) is 0 Å². The Balaban J connectivity index is 1.50. The van der Waals surface area contributed by atoms with Gasteiger partial charge in [-0.25, -0.2) is 0 Å². The molecule has 0 N–H and O–H groups in total. The van der Waals surface area contributed by atoms with E-state index in [0.29, 0.717) is 0 Å². The van der Waals surface area contributed by atoms with Gasteiger partial charge >= 0.3 is 0 Å². The van der Waals surface area contributed by atoms with Crippen LogP contribution >= 0.6 is 15.9 Å². The molecule has 4 aromatic carbocycles. The van der Waals surface area contributed by atoms with Crippen molar-refractivity contribution in [3.63, 3.8) is 0 Å². The van der Waals surface area contributed by atoms with Crippen molar-refractivity contribution in [1.29, 1.82) is 0 Å². The van der Waals surface area contributed by atoms with Crippen LogP contribution in [0.4, 0.5) is 5.69 Å². The van der Waals surface area contributed by atoms with Gasteiger partial charge in [-0.15, -0.1) is 5.06 Å². The summed E-state index contributed by atoms with van der Waals surface area (Å²) in [6.45, 7) is 0.849. The molecule has 4 heteroatoms. The molecule has 6 rings (SSSR count). The molecule has 164 valence electrons. The number of hydrogen-bond donors (Lipinski definition) is 0. The average Bonchev–Trinajstić information content (AvgIpc) is 3.41. The molecular weight excluding hydrogens is 472 g/mol. The van der Waals surface area contributed by atoms with Gasteiger partial charge in [-0.05, 0) is 41.0 Å². The van der Waals surface area contributed by atoms with E-state index in [0.717, 1.165) is 17.4 Å². The Morgan fingerprint density at radius 1 is 0.697 bits per heavy atom. The number of anilines is 1. The summed E-state index contributed by atoms with van der Waals surface area (Å²) in [5.74, 6) is 0. The Hall–Kier alpha value is -2.92. The van der Waals surface area contributed by atoms with E-state index < -0.39 is 0 Å². The molecule has 2 aliphatic rings. The van der Waals surface area contributed by atoms with Crippen LogP contribution in [-0.2, 0) is 10.4 Å². The van der Waals surface area contributed by atoms with Crippen LogP contribution in [0.5, 0.6) is 0 Å². The van der Waals surface area contributed by atoms with Gasteiger partial charge in [-0.2, -0.15) is 0 Å². The first-order valence-electron chi connectivity index (χ1n) is 11.4. The fourth-order valence-corrected chi connectivity index (χ4v) is 5.59. The van der Waals surface area contributed by atoms with Gasteiger partial charge in [0.2, 0.25) is 0 Å². The number of nitrogens with zero attached hydrogens (tertiary/aromatic N) is 2. The minimum Gasteiger partial charge on any atom is -0.348 e. The lowest BCUT2D eigenvalue weighted by Crippen LogP contribution is -2.37. The molecule has 0 saturated carbocycles. The molecule has 33 heavy (non-hydrogen) atoms. The van der Waals surface area contributed by atoms with Crippen LogP contribution in [0.3, 0.4) is 0 Å². The second-order valence-electron chi connectivity index (χ2n) is 8.82. The fraction of sp³-hybridized carbons (Fsp3) is 0.172. The Morgan fingerprint density at radius 3 is 1.91 bits per heavy atom. The van der Waals surface area contributed by atoms with Crippen molar-refractivity contribution in [2.45, 2.75) is 24.2 Å². The second-order valence-corrected chi connectivity index (χ2v) is 9.74. The summed E-state index contributed by atoms with van der Waals surface area (Å²) in [6, 6.07) is 40.8. The molecule has 0 radical (unpaired) electrons. The molecule has 2 aliphatic heterocycles. The Morgan fingerprint density at radius 2 is 1.27 bits per heavy atom. The highest BCUT2D eigenvalue weighted by Crippen LogP contribution is 2.56. The molecule has 0 spiro atoms. The van der Waals surface area contributed by atoms with Crippen LogP contribution < -0.4 is 4.90 Å². The highest BCUT2D eigenvalue weighted by molar-refractivity contribution is 9.10. The van der Waals surface area contributed by atoms with E-state index >= 15 is 0 Å². The van der Waals surface area contributed by atoms with Crippen molar-refractivity contribution in [3.05, 3.63) is 136 Å². The zero-order valence-electron chi connectivity index (χ0n) is 18.2. The summed E-state index contributed by atoms with van der Waals surface area (Å²) in [5.41, 5.74) is 4.69. The third-order valence-electron chi connectivity index (χ3n) is 6.87. The maximum atomic E-state index is 6.85. The number of hydrogen-bond acceptors (Lipinski definition) is 3. The average molecular weight is 497 g/mol. The normalized spacial score (nSPS) is 24.7. The van der Waals surface area contributed by atoms with Crippen LogP contribution in [0.1, 0.15) is 35.4 Å². The van der Waals surface area contributed by atoms with Gasteiger partial charge in [0.15, 0.2) is 0 Å². The summed E-state index contributed by atoms with van der Waals surface area (Å²) in [5, 5.41) is 2.28. The van der Waals surface area contributed by atoms with Gasteiger partial charge in [0.1, 0.15) is 12.3 Å². The standard InChI is InChI=1S/C29H25BrN2O/c30-25-16-18-26(19-17-25)31-21-29(24-14-8-3-9-15-24)20-27(22-10-4-1-5-11-22)33-32(29)28(31)23-12-6-2-7-13-23/h1-19,27-28H,20-21H2/t27-,28+,29-/m0/s1. The van der Waals surface area contributed by atoms with E-state index in [4.69, 9.17) is 4.84 Å². The number of fused-ring (bicyclic) bond motifs is 1. The predicted molar refractivity (Wildman–Crippen MR) is 136 cm³/mol. The van der Waals surface area contributed by atoms with E-state index in [2.05, 4.69) is 141 Å². The first kappa shape index (κ1) is 20.7. The third kappa shape index (κ3) is 3.59. The molecule has 2 heterocycles. The predicted octanol–water partition coefficient (Wildman–Crippen LogP) is 7.24. The van der Waals surface area contributed by atoms with Crippen LogP contribution in [-0.4, -0.2) is 11.6 Å². The third-order valence-corrected chi connectivity index (χ3v) is 7.40. The first-order chi connectivity index (χ1) is 16.2. The molecule has 3 nitrogen and oxygen atoms in total. The van der Waals surface area contributed by atoms with Gasteiger partial charge in [-0.1, -0.05) is 107 Å². The summed E-state index contributed by atoms with van der Waals surface area (Å²) in [4.78, 5) is 9.34. The Kier molecular flexibility index (Phi) is 5.30. The number of benzene rings is 4. The monoisotopic (exact) mass is 496 g/mol. The maximum absolute atomic E-state index is 6.85. The van der Waals surface area contributed by atoms with Crippen LogP contribution in [0.2, 0.25) is 0 Å². The first-order valence-corrected chi connectivity index (χ1v) is 12.2. The zero-order chi connectivity index (χ0) is 22.3. The van der Waals surface area contributed by atoms with E-state index in [1.165, 1.54) is 22.4 Å². The Labute approximate surface area is 203 Å². The minimum absolute atomic E-state index is 0.0182. The van der Waals surface area contributed by atoms with Gasteiger partial charge in [0, 0.05) is 23.1 Å². The molecule has 0 bridgehead atoms. The largest absolute Gasteiger partial charge is 0.348 e. The molecule has 0 unspecified atom stereocenters. The lowest BCUT2D eigenvalue weighted by molar-refractivity contribution is -0.198. The summed E-state index contributed by atoms with van der Waals surface area (Å²) in [7, 11) is 0. The number of hydroxylamine groups is 2. The summed E-state index contributed by atoms with van der Waals surface area (Å²) in [6.07, 6.45) is 0.892. The van der Waals surface area contributed by atoms with Crippen LogP contribution in [0.25, 0.3) is 0 Å². The molecule has 3 atom stereocenters. The van der Waals surface area contributed by atoms with E-state index in [1.807, 2.05) is 0 Å². The van der Waals surface area contributed by atoms with Gasteiger partial charge < -0.3 is 4.90 Å². The molecular formula is C29H25BrN2O. The van der Waals surface area contributed by atoms with Crippen molar-refractivity contribution in [2.24, 2.45) is 0 Å². The molecule has 0 amide bonds. The SMILES string of the molecule is Brc1ccc(N2C[C@]3(c4ccccc4)C[C@@H](c4ccccc4)ON3[C@@H]2c2ccccc2)cc1. The molecule has 4 aromatic rings. The van der Waals surface area contributed by atoms with Crippen molar-refractivity contribution >= 4 is 21.6 Å². The molecule has 2 saturated heterocycles. The van der Waals surface area contributed by atoms with Crippen molar-refractivity contribution in [3.8, 4) is 0 Å². The molecule has 0 aliphatic carbocycles. The summed E-state index contributed by atoms with van der Waals surface area (Å²) >= 11 is 3.59. The highest BCUT2D eigenvalue weighted by atomic mass is 79.9. The van der Waals surface area contributed by atoms with E-state index in [-0.39, 0.29) is 17.8 Å². The molecule has 2 fully saturated rings. The highest BCUT2D eigenvalue weighted by Gasteiger charge is 2.59. The maximum Gasteiger partial charge on any atom is 0.132 e. The quantitative estimate of drug-likeness (QED) is 0.296. The van der Waals surface area contributed by atoms with Crippen molar-refractivity contribution in [1.82, 2.24) is 5.06 Å². The number of rotatable bonds is 4. The van der Waals surface area contributed by atoms with Gasteiger partial charge in [0.05, 0.1) is 5.54 Å². The van der Waals surface area contributed by atoms with Crippen molar-refractivity contribution < 1.29 is 4.84 Å². The van der Waals surface area contributed by atoms with Crippen LogP contribution in [0.15, 0.2) is 120 Å². The number of halogens is 1. The minimum atomic E-state index is -0.255. The smallest absolute Gasteiger partial charge is 0.132 e. The second kappa shape index (κ2) is 8.45. The van der Waals surface area contributed by atoms with Gasteiger partial charge in [-0.3, -0.25) is 4.84 Å². The topological polar surface area (TPSA) is 15.7 Å². The van der Waals surface area contributed by atoms with Crippen LogP contribution in [0, 0.1) is 0 Å². The Bertz CT molecular complexity index is 1220. The van der Waals surface area contributed by atoms with Gasteiger partial charge in [0.25, 0.3) is 0 Å². The lowest BCUT2D eigenvalue weighted by atomic mass is 9.84.